The maximum Gasteiger partial charge on any atom is 0.279 e. The summed E-state index contributed by atoms with van der Waals surface area (Å²) in [4.78, 5) is 24.6. The van der Waals surface area contributed by atoms with Gasteiger partial charge in [-0.25, -0.2) is 0 Å². The Kier molecular flexibility index (Phi) is 5.41. The monoisotopic (exact) mass is 469 g/mol. The van der Waals surface area contributed by atoms with Gasteiger partial charge in [0.2, 0.25) is 0 Å². The first-order valence-corrected chi connectivity index (χ1v) is 8.90. The normalized spacial score (nSPS) is 10.6. The summed E-state index contributed by atoms with van der Waals surface area (Å²) in [5, 5.41) is 25.8. The van der Waals surface area contributed by atoms with Gasteiger partial charge < -0.3 is 15.5 Å². The Morgan fingerprint density at radius 3 is 2.26 bits per heavy atom. The van der Waals surface area contributed by atoms with Crippen molar-refractivity contribution in [3.63, 3.8) is 0 Å². The molecule has 0 unspecified atom stereocenters. The Morgan fingerprint density at radius 2 is 1.67 bits per heavy atom. The van der Waals surface area contributed by atoms with E-state index in [4.69, 9.17) is 23.2 Å². The number of phenols is 1. The Hall–Kier alpha value is -2.55. The highest BCUT2D eigenvalue weighted by Crippen LogP contribution is 2.34. The predicted octanol–water partition coefficient (Wildman–Crippen LogP) is 3.97. The van der Waals surface area contributed by atoms with Gasteiger partial charge in [-0.15, -0.1) is 0 Å². The lowest BCUT2D eigenvalue weighted by molar-refractivity contribution is 0.101. The number of aromatic nitrogens is 2. The Labute approximate surface area is 170 Å². The van der Waals surface area contributed by atoms with E-state index in [-0.39, 0.29) is 27.2 Å². The van der Waals surface area contributed by atoms with Crippen LogP contribution in [0.25, 0.3) is 5.69 Å². The molecule has 0 aliphatic rings. The number of amides is 1. The van der Waals surface area contributed by atoms with Crippen LogP contribution in [-0.4, -0.2) is 25.9 Å². The first kappa shape index (κ1) is 19.2. The number of halogens is 3. The molecule has 0 aliphatic carbocycles. The molecule has 138 valence electrons. The molecule has 7 nitrogen and oxygen atoms in total. The van der Waals surface area contributed by atoms with E-state index in [1.807, 2.05) is 0 Å². The lowest BCUT2D eigenvalue weighted by Crippen LogP contribution is -2.25. The second-order valence-electron chi connectivity index (χ2n) is 5.35. The summed E-state index contributed by atoms with van der Waals surface area (Å²) in [6.45, 7) is 0. The summed E-state index contributed by atoms with van der Waals surface area (Å²) in [5.41, 5.74) is -0.400. The number of phenolic OH excluding ortho intramolecular Hbond substituents is 1. The van der Waals surface area contributed by atoms with E-state index in [0.29, 0.717) is 5.69 Å². The van der Waals surface area contributed by atoms with E-state index in [0.717, 1.165) is 15.2 Å². The SMILES string of the molecule is O=C(Nc1cc(Cl)c(O)c(Cl)c1)c1nn(-c2ccc(Br)cc2)c(=O)cc1O. The van der Waals surface area contributed by atoms with Gasteiger partial charge in [0.15, 0.2) is 17.2 Å². The van der Waals surface area contributed by atoms with Crippen molar-refractivity contribution in [3.05, 3.63) is 73.0 Å². The van der Waals surface area contributed by atoms with Crippen LogP contribution in [0.1, 0.15) is 10.5 Å². The smallest absolute Gasteiger partial charge is 0.279 e. The molecule has 0 spiro atoms. The van der Waals surface area contributed by atoms with Crippen molar-refractivity contribution in [2.24, 2.45) is 0 Å². The highest BCUT2D eigenvalue weighted by atomic mass is 79.9. The van der Waals surface area contributed by atoms with E-state index in [1.165, 1.54) is 12.1 Å². The lowest BCUT2D eigenvalue weighted by Gasteiger charge is -2.10. The van der Waals surface area contributed by atoms with Gasteiger partial charge in [0.25, 0.3) is 11.5 Å². The van der Waals surface area contributed by atoms with Gasteiger partial charge in [-0.3, -0.25) is 9.59 Å². The van der Waals surface area contributed by atoms with E-state index < -0.39 is 17.2 Å². The van der Waals surface area contributed by atoms with Crippen molar-refractivity contribution in [2.45, 2.75) is 0 Å². The summed E-state index contributed by atoms with van der Waals surface area (Å²) in [7, 11) is 0. The zero-order valence-corrected chi connectivity index (χ0v) is 16.4. The number of nitrogens with zero attached hydrogens (tertiary/aromatic N) is 2. The molecule has 2 aromatic carbocycles. The highest BCUT2D eigenvalue weighted by Gasteiger charge is 2.18. The van der Waals surface area contributed by atoms with Crippen molar-refractivity contribution in [1.82, 2.24) is 9.78 Å². The molecule has 1 amide bonds. The third-order valence-electron chi connectivity index (χ3n) is 3.47. The Bertz CT molecular complexity index is 1080. The molecule has 0 saturated carbocycles. The van der Waals surface area contributed by atoms with Gasteiger partial charge in [0, 0.05) is 16.2 Å². The van der Waals surface area contributed by atoms with Crippen molar-refractivity contribution >= 4 is 50.7 Å². The molecular formula is C17H10BrCl2N3O4. The zero-order chi connectivity index (χ0) is 19.7. The van der Waals surface area contributed by atoms with Crippen LogP contribution < -0.4 is 10.9 Å². The van der Waals surface area contributed by atoms with Gasteiger partial charge in [-0.1, -0.05) is 39.1 Å². The molecule has 27 heavy (non-hydrogen) atoms. The highest BCUT2D eigenvalue weighted by molar-refractivity contribution is 9.10. The predicted molar refractivity (Wildman–Crippen MR) is 105 cm³/mol. The number of benzene rings is 2. The number of nitrogens with one attached hydrogen (secondary N) is 1. The second-order valence-corrected chi connectivity index (χ2v) is 7.08. The summed E-state index contributed by atoms with van der Waals surface area (Å²) in [5.74, 6) is -1.70. The fourth-order valence-corrected chi connectivity index (χ4v) is 2.96. The number of anilines is 1. The lowest BCUT2D eigenvalue weighted by atomic mass is 10.2. The first-order valence-electron chi connectivity index (χ1n) is 7.35. The number of carbonyl (C=O) groups excluding carboxylic acids is 1. The van der Waals surface area contributed by atoms with Crippen LogP contribution in [0.3, 0.4) is 0 Å². The van der Waals surface area contributed by atoms with Crippen LogP contribution in [0.4, 0.5) is 5.69 Å². The van der Waals surface area contributed by atoms with Gasteiger partial charge in [0.1, 0.15) is 0 Å². The van der Waals surface area contributed by atoms with Crippen molar-refractivity contribution in [1.29, 1.82) is 0 Å². The summed E-state index contributed by atoms with van der Waals surface area (Å²) >= 11 is 14.9. The Morgan fingerprint density at radius 1 is 1.07 bits per heavy atom. The molecule has 3 N–H and O–H groups in total. The molecule has 3 aromatic rings. The van der Waals surface area contributed by atoms with Gasteiger partial charge in [-0.05, 0) is 36.4 Å². The van der Waals surface area contributed by atoms with Crippen LogP contribution in [0.15, 0.2) is 51.7 Å². The first-order chi connectivity index (χ1) is 12.8. The topological polar surface area (TPSA) is 104 Å². The largest absolute Gasteiger partial charge is 0.505 e. The molecule has 0 bridgehead atoms. The minimum Gasteiger partial charge on any atom is -0.505 e. The van der Waals surface area contributed by atoms with Crippen LogP contribution in [0, 0.1) is 0 Å². The molecular weight excluding hydrogens is 461 g/mol. The van der Waals surface area contributed by atoms with Crippen LogP contribution in [-0.2, 0) is 0 Å². The molecule has 0 aliphatic heterocycles. The third-order valence-corrected chi connectivity index (χ3v) is 4.58. The molecule has 0 atom stereocenters. The van der Waals surface area contributed by atoms with E-state index >= 15 is 0 Å². The molecule has 0 fully saturated rings. The molecule has 10 heteroatoms. The van der Waals surface area contributed by atoms with Crippen LogP contribution in [0.5, 0.6) is 11.5 Å². The molecule has 0 radical (unpaired) electrons. The number of aromatic hydroxyl groups is 2. The van der Waals surface area contributed by atoms with Crippen molar-refractivity contribution in [3.8, 4) is 17.2 Å². The summed E-state index contributed by atoms with van der Waals surface area (Å²) in [6.07, 6.45) is 0. The average molecular weight is 471 g/mol. The summed E-state index contributed by atoms with van der Waals surface area (Å²) < 4.78 is 1.79. The zero-order valence-electron chi connectivity index (χ0n) is 13.3. The fraction of sp³-hybridized carbons (Fsp3) is 0. The number of hydrogen-bond donors (Lipinski definition) is 3. The number of hydrogen-bond acceptors (Lipinski definition) is 5. The molecule has 0 saturated heterocycles. The van der Waals surface area contributed by atoms with Gasteiger partial charge >= 0.3 is 0 Å². The summed E-state index contributed by atoms with van der Waals surface area (Å²) in [6, 6.07) is 10.1. The van der Waals surface area contributed by atoms with Gasteiger partial charge in [0.05, 0.1) is 15.7 Å². The van der Waals surface area contributed by atoms with Crippen molar-refractivity contribution < 1.29 is 15.0 Å². The molecule has 3 rings (SSSR count). The molecule has 1 aromatic heterocycles. The average Bonchev–Trinajstić information content (AvgIpc) is 2.60. The van der Waals surface area contributed by atoms with Crippen LogP contribution in [0.2, 0.25) is 10.0 Å². The standard InChI is InChI=1S/C17H10BrCl2N3O4/c18-8-1-3-10(4-2-8)23-14(25)7-13(24)15(22-23)17(27)21-9-5-11(19)16(26)12(20)6-9/h1-7,24,26H,(H,21,27). The second kappa shape index (κ2) is 7.59. The van der Waals surface area contributed by atoms with E-state index in [2.05, 4.69) is 26.3 Å². The maximum atomic E-state index is 12.5. The van der Waals surface area contributed by atoms with Gasteiger partial charge in [-0.2, -0.15) is 9.78 Å². The van der Waals surface area contributed by atoms with Crippen LogP contribution >= 0.6 is 39.1 Å². The van der Waals surface area contributed by atoms with E-state index in [9.17, 15) is 19.8 Å². The quantitative estimate of drug-likeness (QED) is 0.502. The maximum absolute atomic E-state index is 12.5. The minimum atomic E-state index is -0.795. The van der Waals surface area contributed by atoms with E-state index in [1.54, 1.807) is 24.3 Å². The Balaban J connectivity index is 1.99. The minimum absolute atomic E-state index is 0.0604. The third kappa shape index (κ3) is 4.08. The number of rotatable bonds is 3. The van der Waals surface area contributed by atoms with Crippen molar-refractivity contribution in [2.75, 3.05) is 5.32 Å². The number of carbonyl (C=O) groups is 1. The fourth-order valence-electron chi connectivity index (χ4n) is 2.20. The molecule has 1 heterocycles.